The zero-order valence-electron chi connectivity index (χ0n) is 13.6. The van der Waals surface area contributed by atoms with Crippen LogP contribution in [0.2, 0.25) is 0 Å². The summed E-state index contributed by atoms with van der Waals surface area (Å²) >= 11 is 0. The number of guanidine groups is 1. The molecule has 1 fully saturated rings. The first-order valence-electron chi connectivity index (χ1n) is 7.69. The monoisotopic (exact) mass is 293 g/mol. The van der Waals surface area contributed by atoms with E-state index in [1.54, 1.807) is 7.05 Å². The Bertz CT molecular complexity index is 480. The van der Waals surface area contributed by atoms with Gasteiger partial charge in [-0.15, -0.1) is 10.2 Å². The van der Waals surface area contributed by atoms with E-state index in [1.807, 2.05) is 18.5 Å². The standard InChI is InChI=1S/C14H27N7/c1-5-21-8-6-7-12(21)9-16-14(15-3)17-10-13-19-18-11(2)20(13)4/h12H,5-10H2,1-4H3,(H2,15,16,17). The molecule has 2 rings (SSSR count). The molecule has 0 saturated carbocycles. The molecule has 0 amide bonds. The maximum absolute atomic E-state index is 4.27. The average molecular weight is 293 g/mol. The van der Waals surface area contributed by atoms with Crippen LogP contribution in [-0.4, -0.2) is 58.3 Å². The van der Waals surface area contributed by atoms with Gasteiger partial charge in [0, 0.05) is 26.7 Å². The Labute approximate surface area is 126 Å². The van der Waals surface area contributed by atoms with Crippen LogP contribution in [0.5, 0.6) is 0 Å². The highest BCUT2D eigenvalue weighted by Gasteiger charge is 2.22. The van der Waals surface area contributed by atoms with Gasteiger partial charge in [-0.3, -0.25) is 9.89 Å². The van der Waals surface area contributed by atoms with Crippen LogP contribution in [0, 0.1) is 6.92 Å². The molecule has 0 radical (unpaired) electrons. The third kappa shape index (κ3) is 3.93. The number of aryl methyl sites for hydroxylation is 1. The van der Waals surface area contributed by atoms with Gasteiger partial charge in [-0.2, -0.15) is 0 Å². The molecule has 1 aromatic rings. The van der Waals surface area contributed by atoms with E-state index in [1.165, 1.54) is 19.4 Å². The Morgan fingerprint density at radius 2 is 2.19 bits per heavy atom. The van der Waals surface area contributed by atoms with Gasteiger partial charge in [0.1, 0.15) is 5.82 Å². The zero-order valence-corrected chi connectivity index (χ0v) is 13.6. The first-order chi connectivity index (χ1) is 10.2. The van der Waals surface area contributed by atoms with Crippen molar-refractivity contribution >= 4 is 5.96 Å². The predicted molar refractivity (Wildman–Crippen MR) is 84.2 cm³/mol. The number of hydrogen-bond acceptors (Lipinski definition) is 4. The highest BCUT2D eigenvalue weighted by atomic mass is 15.3. The van der Waals surface area contributed by atoms with E-state index < -0.39 is 0 Å². The summed E-state index contributed by atoms with van der Waals surface area (Å²) in [5.74, 6) is 2.64. The highest BCUT2D eigenvalue weighted by Crippen LogP contribution is 2.15. The van der Waals surface area contributed by atoms with Crippen molar-refractivity contribution in [2.45, 2.75) is 39.3 Å². The third-order valence-electron chi connectivity index (χ3n) is 4.23. The van der Waals surface area contributed by atoms with Gasteiger partial charge in [0.25, 0.3) is 0 Å². The Morgan fingerprint density at radius 3 is 2.81 bits per heavy atom. The summed E-state index contributed by atoms with van der Waals surface area (Å²) in [4.78, 5) is 6.79. The number of nitrogens with one attached hydrogen (secondary N) is 2. The van der Waals surface area contributed by atoms with E-state index in [2.05, 4.69) is 37.6 Å². The van der Waals surface area contributed by atoms with Crippen LogP contribution in [0.3, 0.4) is 0 Å². The molecule has 1 atom stereocenters. The molecule has 1 aliphatic heterocycles. The summed E-state index contributed by atoms with van der Waals surface area (Å²) < 4.78 is 1.98. The maximum Gasteiger partial charge on any atom is 0.191 e. The van der Waals surface area contributed by atoms with E-state index in [9.17, 15) is 0 Å². The lowest BCUT2D eigenvalue weighted by Gasteiger charge is -2.23. The van der Waals surface area contributed by atoms with Crippen LogP contribution >= 0.6 is 0 Å². The first kappa shape index (κ1) is 15.8. The molecular formula is C14H27N7. The number of hydrogen-bond donors (Lipinski definition) is 2. The topological polar surface area (TPSA) is 70.4 Å². The van der Waals surface area contributed by atoms with Crippen molar-refractivity contribution in [2.24, 2.45) is 12.0 Å². The second-order valence-corrected chi connectivity index (χ2v) is 5.45. The number of aliphatic imine (C=N–C) groups is 1. The Hall–Kier alpha value is -1.63. The second kappa shape index (κ2) is 7.40. The largest absolute Gasteiger partial charge is 0.355 e. The zero-order chi connectivity index (χ0) is 15.2. The number of likely N-dealkylation sites (N-methyl/N-ethyl adjacent to an activating group) is 1. The molecule has 0 aliphatic carbocycles. The fraction of sp³-hybridized carbons (Fsp3) is 0.786. The van der Waals surface area contributed by atoms with Crippen LogP contribution in [0.1, 0.15) is 31.4 Å². The summed E-state index contributed by atoms with van der Waals surface area (Å²) in [6.07, 6.45) is 2.56. The first-order valence-corrected chi connectivity index (χ1v) is 7.69. The van der Waals surface area contributed by atoms with Crippen LogP contribution < -0.4 is 10.6 Å². The van der Waals surface area contributed by atoms with Gasteiger partial charge in [0.05, 0.1) is 6.54 Å². The quantitative estimate of drug-likeness (QED) is 0.602. The van der Waals surface area contributed by atoms with Gasteiger partial charge < -0.3 is 15.2 Å². The Balaban J connectivity index is 1.80. The number of nitrogens with zero attached hydrogens (tertiary/aromatic N) is 5. The van der Waals surface area contributed by atoms with Gasteiger partial charge in [-0.25, -0.2) is 0 Å². The van der Waals surface area contributed by atoms with Gasteiger partial charge >= 0.3 is 0 Å². The van der Waals surface area contributed by atoms with Crippen LogP contribution in [0.15, 0.2) is 4.99 Å². The molecule has 2 N–H and O–H groups in total. The van der Waals surface area contributed by atoms with Crippen molar-refractivity contribution in [3.8, 4) is 0 Å². The van der Waals surface area contributed by atoms with Crippen LogP contribution in [0.25, 0.3) is 0 Å². The lowest BCUT2D eigenvalue weighted by atomic mass is 10.2. The minimum atomic E-state index is 0.616. The summed E-state index contributed by atoms with van der Waals surface area (Å²) in [5, 5.41) is 14.9. The van der Waals surface area contributed by atoms with E-state index in [-0.39, 0.29) is 0 Å². The van der Waals surface area contributed by atoms with Crippen molar-refractivity contribution in [1.82, 2.24) is 30.3 Å². The molecule has 21 heavy (non-hydrogen) atoms. The fourth-order valence-corrected chi connectivity index (χ4v) is 2.75. The predicted octanol–water partition coefficient (Wildman–Crippen LogP) is 0.273. The molecule has 1 saturated heterocycles. The highest BCUT2D eigenvalue weighted by molar-refractivity contribution is 5.79. The van der Waals surface area contributed by atoms with Gasteiger partial charge in [0.15, 0.2) is 11.8 Å². The lowest BCUT2D eigenvalue weighted by Crippen LogP contribution is -2.44. The second-order valence-electron chi connectivity index (χ2n) is 5.45. The normalized spacial score (nSPS) is 20.0. The minimum Gasteiger partial charge on any atom is -0.355 e. The molecule has 1 aromatic heterocycles. The van der Waals surface area contributed by atoms with E-state index >= 15 is 0 Å². The average Bonchev–Trinajstić information content (AvgIpc) is 3.08. The van der Waals surface area contributed by atoms with E-state index in [4.69, 9.17) is 0 Å². The van der Waals surface area contributed by atoms with Gasteiger partial charge in [-0.1, -0.05) is 6.92 Å². The molecule has 1 aliphatic rings. The molecule has 1 unspecified atom stereocenters. The van der Waals surface area contributed by atoms with Crippen LogP contribution in [-0.2, 0) is 13.6 Å². The molecule has 118 valence electrons. The summed E-state index contributed by atoms with van der Waals surface area (Å²) in [7, 11) is 3.77. The molecule has 0 aromatic carbocycles. The fourth-order valence-electron chi connectivity index (χ4n) is 2.75. The molecule has 7 nitrogen and oxygen atoms in total. The van der Waals surface area contributed by atoms with E-state index in [0.29, 0.717) is 12.6 Å². The van der Waals surface area contributed by atoms with Crippen molar-refractivity contribution in [3.63, 3.8) is 0 Å². The molecule has 2 heterocycles. The lowest BCUT2D eigenvalue weighted by molar-refractivity contribution is 0.267. The van der Waals surface area contributed by atoms with Crippen LogP contribution in [0.4, 0.5) is 0 Å². The Morgan fingerprint density at radius 1 is 1.38 bits per heavy atom. The van der Waals surface area contributed by atoms with Crippen molar-refractivity contribution in [1.29, 1.82) is 0 Å². The van der Waals surface area contributed by atoms with Crippen molar-refractivity contribution < 1.29 is 0 Å². The summed E-state index contributed by atoms with van der Waals surface area (Å²) in [5.41, 5.74) is 0. The van der Waals surface area contributed by atoms with Crippen molar-refractivity contribution in [2.75, 3.05) is 26.7 Å². The van der Waals surface area contributed by atoms with E-state index in [0.717, 1.165) is 30.7 Å². The smallest absolute Gasteiger partial charge is 0.191 e. The van der Waals surface area contributed by atoms with Gasteiger partial charge in [0.2, 0.25) is 0 Å². The SMILES string of the molecule is CCN1CCCC1CNC(=NC)NCc1nnc(C)n1C. The third-order valence-corrected chi connectivity index (χ3v) is 4.23. The van der Waals surface area contributed by atoms with Crippen molar-refractivity contribution in [3.05, 3.63) is 11.6 Å². The number of aromatic nitrogens is 3. The molecule has 0 bridgehead atoms. The molecule has 0 spiro atoms. The number of likely N-dealkylation sites (tertiary alicyclic amines) is 1. The molecular weight excluding hydrogens is 266 g/mol. The maximum atomic E-state index is 4.27. The minimum absolute atomic E-state index is 0.616. The van der Waals surface area contributed by atoms with Gasteiger partial charge in [-0.05, 0) is 32.9 Å². The number of rotatable bonds is 5. The Kier molecular flexibility index (Phi) is 5.55. The molecule has 7 heteroatoms. The summed E-state index contributed by atoms with van der Waals surface area (Å²) in [6.45, 7) is 8.07. The summed E-state index contributed by atoms with van der Waals surface area (Å²) in [6, 6.07) is 0.616.